The lowest BCUT2D eigenvalue weighted by Gasteiger charge is -2.23. The van der Waals surface area contributed by atoms with Gasteiger partial charge in [-0.2, -0.15) is 0 Å². The maximum Gasteiger partial charge on any atom is 0.340 e. The Bertz CT molecular complexity index is 594. The summed E-state index contributed by atoms with van der Waals surface area (Å²) in [5.74, 6) is -0.556. The fourth-order valence-corrected chi connectivity index (χ4v) is 1.89. The highest BCUT2D eigenvalue weighted by atomic mass is 16.5. The van der Waals surface area contributed by atoms with E-state index < -0.39 is 11.6 Å². The van der Waals surface area contributed by atoms with Gasteiger partial charge in [0.25, 0.3) is 0 Å². The largest absolute Gasteiger partial charge is 0.487 e. The number of hydrogen-bond acceptors (Lipinski definition) is 2. The van der Waals surface area contributed by atoms with Gasteiger partial charge in [-0.3, -0.25) is 0 Å². The quantitative estimate of drug-likeness (QED) is 0.875. The van der Waals surface area contributed by atoms with Gasteiger partial charge in [-0.25, -0.2) is 4.79 Å². The zero-order chi connectivity index (χ0) is 13.3. The topological polar surface area (TPSA) is 46.5 Å². The summed E-state index contributed by atoms with van der Waals surface area (Å²) in [6.07, 6.45) is 0. The van der Waals surface area contributed by atoms with Crippen LogP contribution in [-0.4, -0.2) is 16.7 Å². The molecule has 0 saturated heterocycles. The highest BCUT2D eigenvalue weighted by molar-refractivity contribution is 6.06. The summed E-state index contributed by atoms with van der Waals surface area (Å²) in [5.41, 5.74) is -0.199. The molecule has 2 rings (SSSR count). The van der Waals surface area contributed by atoms with Gasteiger partial charge in [0.05, 0.1) is 0 Å². The zero-order valence-corrected chi connectivity index (χ0v) is 10.7. The van der Waals surface area contributed by atoms with Crippen LogP contribution >= 0.6 is 0 Å². The van der Waals surface area contributed by atoms with E-state index >= 15 is 0 Å². The molecular formula is C15H16O3. The third kappa shape index (κ3) is 2.45. The summed E-state index contributed by atoms with van der Waals surface area (Å²) in [6.45, 7) is 5.69. The smallest absolute Gasteiger partial charge is 0.340 e. The lowest BCUT2D eigenvalue weighted by atomic mass is 10.0. The minimum atomic E-state index is -0.967. The van der Waals surface area contributed by atoms with Gasteiger partial charge in [0.2, 0.25) is 0 Å². The number of aromatic carboxylic acids is 1. The highest BCUT2D eigenvalue weighted by Crippen LogP contribution is 2.30. The Morgan fingerprint density at radius 1 is 1.11 bits per heavy atom. The number of carboxylic acids is 1. The first kappa shape index (κ1) is 12.4. The summed E-state index contributed by atoms with van der Waals surface area (Å²) in [4.78, 5) is 11.4. The molecule has 2 aromatic rings. The van der Waals surface area contributed by atoms with E-state index in [0.717, 1.165) is 5.39 Å². The van der Waals surface area contributed by atoms with Crippen LogP contribution in [0.3, 0.4) is 0 Å². The van der Waals surface area contributed by atoms with E-state index in [0.29, 0.717) is 11.1 Å². The average Bonchev–Trinajstić information content (AvgIpc) is 2.26. The maximum absolute atomic E-state index is 11.4. The number of fused-ring (bicyclic) bond motifs is 1. The standard InChI is InChI=1S/C15H16O3/c1-15(2,3)18-12-9-8-10-6-4-5-7-11(10)13(12)14(16)17/h4-9H,1-3H3,(H,16,17). The van der Waals surface area contributed by atoms with Crippen LogP contribution in [0.5, 0.6) is 5.75 Å². The Morgan fingerprint density at radius 3 is 2.39 bits per heavy atom. The molecular weight excluding hydrogens is 228 g/mol. The van der Waals surface area contributed by atoms with Crippen LogP contribution in [0.2, 0.25) is 0 Å². The molecule has 2 aromatic carbocycles. The summed E-state index contributed by atoms with van der Waals surface area (Å²) < 4.78 is 5.72. The molecule has 3 heteroatoms. The van der Waals surface area contributed by atoms with Crippen molar-refractivity contribution < 1.29 is 14.6 Å². The molecule has 0 spiro atoms. The molecule has 0 radical (unpaired) electrons. The van der Waals surface area contributed by atoms with Gasteiger partial charge in [-0.1, -0.05) is 30.3 Å². The average molecular weight is 244 g/mol. The van der Waals surface area contributed by atoms with Gasteiger partial charge in [-0.15, -0.1) is 0 Å². The molecule has 0 fully saturated rings. The summed E-state index contributed by atoms with van der Waals surface area (Å²) in [5, 5.41) is 11.0. The minimum absolute atomic E-state index is 0.225. The molecule has 0 heterocycles. The van der Waals surface area contributed by atoms with Crippen molar-refractivity contribution >= 4 is 16.7 Å². The third-order valence-corrected chi connectivity index (χ3v) is 2.52. The molecule has 1 N–H and O–H groups in total. The molecule has 94 valence electrons. The first-order valence-electron chi connectivity index (χ1n) is 5.82. The Morgan fingerprint density at radius 2 is 1.78 bits per heavy atom. The predicted octanol–water partition coefficient (Wildman–Crippen LogP) is 3.72. The van der Waals surface area contributed by atoms with E-state index in [4.69, 9.17) is 4.74 Å². The van der Waals surface area contributed by atoms with E-state index in [9.17, 15) is 9.90 Å². The van der Waals surface area contributed by atoms with Crippen LogP contribution in [0.25, 0.3) is 10.8 Å². The Hall–Kier alpha value is -2.03. The van der Waals surface area contributed by atoms with Crippen molar-refractivity contribution in [2.75, 3.05) is 0 Å². The van der Waals surface area contributed by atoms with E-state index in [1.54, 1.807) is 12.1 Å². The highest BCUT2D eigenvalue weighted by Gasteiger charge is 2.20. The van der Waals surface area contributed by atoms with Gasteiger partial charge >= 0.3 is 5.97 Å². The number of carbonyl (C=O) groups is 1. The third-order valence-electron chi connectivity index (χ3n) is 2.52. The Labute approximate surface area is 106 Å². The van der Waals surface area contributed by atoms with E-state index in [-0.39, 0.29) is 5.56 Å². The lowest BCUT2D eigenvalue weighted by molar-refractivity contribution is 0.0684. The van der Waals surface area contributed by atoms with Crippen molar-refractivity contribution in [3.63, 3.8) is 0 Å². The normalized spacial score (nSPS) is 11.5. The SMILES string of the molecule is CC(C)(C)Oc1ccc2ccccc2c1C(=O)O. The number of rotatable bonds is 2. The maximum atomic E-state index is 11.4. The molecule has 0 aliphatic rings. The number of ether oxygens (including phenoxy) is 1. The Kier molecular flexibility index (Phi) is 2.99. The van der Waals surface area contributed by atoms with Crippen molar-refractivity contribution in [3.8, 4) is 5.75 Å². The van der Waals surface area contributed by atoms with Crippen molar-refractivity contribution in [1.29, 1.82) is 0 Å². The molecule has 0 bridgehead atoms. The van der Waals surface area contributed by atoms with Gasteiger partial charge in [0.1, 0.15) is 16.9 Å². The molecule has 0 atom stereocenters. The Balaban J connectivity index is 2.67. The number of carboxylic acid groups (broad SMARTS) is 1. The first-order chi connectivity index (χ1) is 8.38. The molecule has 0 amide bonds. The van der Waals surface area contributed by atoms with Crippen LogP contribution in [0.1, 0.15) is 31.1 Å². The van der Waals surface area contributed by atoms with Crippen molar-refractivity contribution in [2.45, 2.75) is 26.4 Å². The fourth-order valence-electron chi connectivity index (χ4n) is 1.89. The second-order valence-corrected chi connectivity index (χ2v) is 5.18. The number of hydrogen-bond donors (Lipinski definition) is 1. The van der Waals surface area contributed by atoms with E-state index in [1.165, 1.54) is 0 Å². The molecule has 3 nitrogen and oxygen atoms in total. The summed E-state index contributed by atoms with van der Waals surface area (Å²) >= 11 is 0. The second kappa shape index (κ2) is 4.33. The second-order valence-electron chi connectivity index (χ2n) is 5.18. The first-order valence-corrected chi connectivity index (χ1v) is 5.82. The van der Waals surface area contributed by atoms with Gasteiger partial charge in [-0.05, 0) is 37.6 Å². The predicted molar refractivity (Wildman–Crippen MR) is 71.3 cm³/mol. The van der Waals surface area contributed by atoms with E-state index in [1.807, 2.05) is 45.0 Å². The van der Waals surface area contributed by atoms with Crippen molar-refractivity contribution in [1.82, 2.24) is 0 Å². The fraction of sp³-hybridized carbons (Fsp3) is 0.267. The monoisotopic (exact) mass is 244 g/mol. The zero-order valence-electron chi connectivity index (χ0n) is 10.7. The number of benzene rings is 2. The van der Waals surface area contributed by atoms with Crippen LogP contribution in [0.15, 0.2) is 36.4 Å². The van der Waals surface area contributed by atoms with Gasteiger partial charge in [0.15, 0.2) is 0 Å². The van der Waals surface area contributed by atoms with Crippen LogP contribution in [0, 0.1) is 0 Å². The molecule has 0 saturated carbocycles. The van der Waals surface area contributed by atoms with E-state index in [2.05, 4.69) is 0 Å². The molecule has 0 aliphatic heterocycles. The molecule has 0 aromatic heterocycles. The van der Waals surface area contributed by atoms with Gasteiger partial charge in [0, 0.05) is 0 Å². The molecule has 0 aliphatic carbocycles. The van der Waals surface area contributed by atoms with Crippen LogP contribution in [0.4, 0.5) is 0 Å². The summed E-state index contributed by atoms with van der Waals surface area (Å²) in [6, 6.07) is 11.0. The molecule has 0 unspecified atom stereocenters. The van der Waals surface area contributed by atoms with Crippen molar-refractivity contribution in [3.05, 3.63) is 42.0 Å². The van der Waals surface area contributed by atoms with Crippen LogP contribution < -0.4 is 4.74 Å². The minimum Gasteiger partial charge on any atom is -0.487 e. The van der Waals surface area contributed by atoms with Crippen molar-refractivity contribution in [2.24, 2.45) is 0 Å². The van der Waals surface area contributed by atoms with Crippen LogP contribution in [-0.2, 0) is 0 Å². The lowest BCUT2D eigenvalue weighted by Crippen LogP contribution is -2.24. The molecule has 18 heavy (non-hydrogen) atoms. The summed E-state index contributed by atoms with van der Waals surface area (Å²) in [7, 11) is 0. The van der Waals surface area contributed by atoms with Gasteiger partial charge < -0.3 is 9.84 Å².